The molecule has 4 aromatic rings. The molecule has 0 atom stereocenters. The molecule has 1 aliphatic rings. The van der Waals surface area contributed by atoms with Gasteiger partial charge in [-0.1, -0.05) is 54.6 Å². The highest BCUT2D eigenvalue weighted by atomic mass is 19.1. The fourth-order valence-electron chi connectivity index (χ4n) is 4.65. The van der Waals surface area contributed by atoms with Gasteiger partial charge in [-0.3, -0.25) is 9.69 Å². The van der Waals surface area contributed by atoms with Crippen LogP contribution in [-0.4, -0.2) is 49.1 Å². The van der Waals surface area contributed by atoms with Crippen LogP contribution in [-0.2, 0) is 17.8 Å². The summed E-state index contributed by atoms with van der Waals surface area (Å²) in [5, 5.41) is 2.36. The topological polar surface area (TPSA) is 32.8 Å². The van der Waals surface area contributed by atoms with E-state index in [4.69, 9.17) is 4.74 Å². The molecular formula is C30H29FN2O2. The van der Waals surface area contributed by atoms with Crippen LogP contribution in [0.1, 0.15) is 21.5 Å². The molecule has 5 rings (SSSR count). The number of ether oxygens (including phenoxy) is 1. The number of hydrogen-bond donors (Lipinski definition) is 0. The van der Waals surface area contributed by atoms with Crippen molar-refractivity contribution in [3.63, 3.8) is 0 Å². The van der Waals surface area contributed by atoms with Crippen molar-refractivity contribution in [2.45, 2.75) is 13.1 Å². The number of benzene rings is 4. The zero-order valence-corrected chi connectivity index (χ0v) is 19.9. The van der Waals surface area contributed by atoms with E-state index in [0.717, 1.165) is 49.5 Å². The minimum Gasteiger partial charge on any atom is -0.379 e. The normalized spacial score (nSPS) is 14.2. The summed E-state index contributed by atoms with van der Waals surface area (Å²) in [5.74, 6) is -0.291. The van der Waals surface area contributed by atoms with Crippen molar-refractivity contribution in [3.05, 3.63) is 107 Å². The number of carbonyl (C=O) groups excluding carboxylic acids is 1. The van der Waals surface area contributed by atoms with E-state index < -0.39 is 0 Å². The minimum atomic E-state index is -0.260. The van der Waals surface area contributed by atoms with Gasteiger partial charge in [-0.05, 0) is 63.4 Å². The van der Waals surface area contributed by atoms with Gasteiger partial charge in [0.2, 0.25) is 0 Å². The summed E-state index contributed by atoms with van der Waals surface area (Å²) in [6, 6.07) is 26.8. The molecule has 0 unspecified atom stereocenters. The van der Waals surface area contributed by atoms with Gasteiger partial charge >= 0.3 is 0 Å². The number of morpholine rings is 1. The van der Waals surface area contributed by atoms with Crippen LogP contribution in [0.5, 0.6) is 0 Å². The van der Waals surface area contributed by atoms with Gasteiger partial charge in [0.1, 0.15) is 5.82 Å². The largest absolute Gasteiger partial charge is 0.379 e. The second kappa shape index (κ2) is 10.4. The number of amides is 1. The van der Waals surface area contributed by atoms with E-state index in [-0.39, 0.29) is 11.7 Å². The fourth-order valence-corrected chi connectivity index (χ4v) is 4.65. The Kier molecular flexibility index (Phi) is 6.89. The van der Waals surface area contributed by atoms with Crippen LogP contribution < -0.4 is 0 Å². The summed E-state index contributed by atoms with van der Waals surface area (Å²) in [4.78, 5) is 17.3. The smallest absolute Gasteiger partial charge is 0.253 e. The van der Waals surface area contributed by atoms with Crippen molar-refractivity contribution in [1.82, 2.24) is 9.80 Å². The molecule has 35 heavy (non-hydrogen) atoms. The Morgan fingerprint density at radius 1 is 0.914 bits per heavy atom. The van der Waals surface area contributed by atoms with Gasteiger partial charge < -0.3 is 9.64 Å². The molecule has 1 amide bonds. The monoisotopic (exact) mass is 468 g/mol. The predicted octanol–water partition coefficient (Wildman–Crippen LogP) is 5.75. The third kappa shape index (κ3) is 5.42. The quantitative estimate of drug-likeness (QED) is 0.361. The number of rotatable bonds is 6. The molecule has 1 fully saturated rings. The summed E-state index contributed by atoms with van der Waals surface area (Å²) in [6.45, 7) is 4.99. The van der Waals surface area contributed by atoms with Gasteiger partial charge in [-0.15, -0.1) is 0 Å². The van der Waals surface area contributed by atoms with Crippen LogP contribution >= 0.6 is 0 Å². The number of fused-ring (bicyclic) bond motifs is 1. The molecule has 0 radical (unpaired) electrons. The first-order valence-electron chi connectivity index (χ1n) is 12.0. The summed E-state index contributed by atoms with van der Waals surface area (Å²) < 4.78 is 18.7. The molecule has 178 valence electrons. The third-order valence-electron chi connectivity index (χ3n) is 6.61. The van der Waals surface area contributed by atoms with E-state index in [1.54, 1.807) is 17.0 Å². The lowest BCUT2D eigenvalue weighted by Crippen LogP contribution is -2.35. The van der Waals surface area contributed by atoms with Gasteiger partial charge in [-0.2, -0.15) is 0 Å². The maximum Gasteiger partial charge on any atom is 0.253 e. The van der Waals surface area contributed by atoms with Crippen LogP contribution in [0.2, 0.25) is 0 Å². The van der Waals surface area contributed by atoms with Crippen LogP contribution in [0.3, 0.4) is 0 Å². The molecule has 0 saturated carbocycles. The number of nitrogens with zero attached hydrogens (tertiary/aromatic N) is 2. The predicted molar refractivity (Wildman–Crippen MR) is 138 cm³/mol. The van der Waals surface area contributed by atoms with Crippen molar-refractivity contribution >= 4 is 16.7 Å². The van der Waals surface area contributed by atoms with Crippen molar-refractivity contribution in [2.24, 2.45) is 0 Å². The van der Waals surface area contributed by atoms with Gasteiger partial charge in [-0.25, -0.2) is 4.39 Å². The molecule has 1 saturated heterocycles. The Morgan fingerprint density at radius 2 is 1.60 bits per heavy atom. The maximum atomic E-state index is 13.2. The van der Waals surface area contributed by atoms with E-state index in [1.807, 2.05) is 31.3 Å². The maximum absolute atomic E-state index is 13.2. The Labute approximate surface area is 205 Å². The zero-order valence-electron chi connectivity index (χ0n) is 19.9. The lowest BCUT2D eigenvalue weighted by molar-refractivity contribution is 0.0342. The Balaban J connectivity index is 1.29. The van der Waals surface area contributed by atoms with Crippen molar-refractivity contribution in [1.29, 1.82) is 0 Å². The average Bonchev–Trinajstić information content (AvgIpc) is 2.89. The highest BCUT2D eigenvalue weighted by Gasteiger charge is 2.15. The van der Waals surface area contributed by atoms with Crippen molar-refractivity contribution < 1.29 is 13.9 Å². The molecule has 1 aliphatic heterocycles. The fraction of sp³-hybridized carbons (Fsp3) is 0.233. The number of carbonyl (C=O) groups is 1. The van der Waals surface area contributed by atoms with E-state index in [2.05, 4.69) is 41.3 Å². The Bertz CT molecular complexity index is 1310. The van der Waals surface area contributed by atoms with E-state index >= 15 is 0 Å². The van der Waals surface area contributed by atoms with Crippen molar-refractivity contribution in [2.75, 3.05) is 33.4 Å². The molecule has 4 aromatic carbocycles. The first-order valence-corrected chi connectivity index (χ1v) is 12.0. The van der Waals surface area contributed by atoms with Crippen LogP contribution in [0.4, 0.5) is 4.39 Å². The van der Waals surface area contributed by atoms with Gasteiger partial charge in [0.15, 0.2) is 0 Å². The Hall–Kier alpha value is -3.54. The Morgan fingerprint density at radius 3 is 2.31 bits per heavy atom. The molecule has 4 nitrogen and oxygen atoms in total. The first kappa shape index (κ1) is 23.2. The number of hydrogen-bond acceptors (Lipinski definition) is 3. The molecule has 0 spiro atoms. The van der Waals surface area contributed by atoms with E-state index in [0.29, 0.717) is 12.1 Å². The summed E-state index contributed by atoms with van der Waals surface area (Å²) in [7, 11) is 1.84. The molecular weight excluding hydrogens is 439 g/mol. The second-order valence-corrected chi connectivity index (χ2v) is 9.11. The van der Waals surface area contributed by atoms with E-state index in [1.165, 1.54) is 28.5 Å². The second-order valence-electron chi connectivity index (χ2n) is 9.11. The van der Waals surface area contributed by atoms with Crippen molar-refractivity contribution in [3.8, 4) is 11.1 Å². The molecule has 0 aromatic heterocycles. The highest BCUT2D eigenvalue weighted by Crippen LogP contribution is 2.24. The van der Waals surface area contributed by atoms with Crippen LogP contribution in [0.25, 0.3) is 21.9 Å². The summed E-state index contributed by atoms with van der Waals surface area (Å²) in [5.41, 5.74) is 4.92. The van der Waals surface area contributed by atoms with Gasteiger partial charge in [0, 0.05) is 38.8 Å². The molecule has 0 aliphatic carbocycles. The summed E-state index contributed by atoms with van der Waals surface area (Å²) >= 11 is 0. The third-order valence-corrected chi connectivity index (χ3v) is 6.61. The number of halogens is 1. The molecule has 0 bridgehead atoms. The standard InChI is InChI=1S/C30H29FN2O2/c1-32(30(34)25-8-6-23(7-9-25)24-10-12-28(31)13-11-24)21-27-4-2-3-26-19-22(5-14-29(26)27)20-33-15-17-35-18-16-33/h2-14,19H,15-18,20-21H2,1H3. The van der Waals surface area contributed by atoms with Gasteiger partial charge in [0.05, 0.1) is 13.2 Å². The lowest BCUT2D eigenvalue weighted by atomic mass is 10.0. The highest BCUT2D eigenvalue weighted by molar-refractivity contribution is 5.95. The van der Waals surface area contributed by atoms with E-state index in [9.17, 15) is 9.18 Å². The molecule has 1 heterocycles. The van der Waals surface area contributed by atoms with Crippen LogP contribution in [0, 0.1) is 5.82 Å². The van der Waals surface area contributed by atoms with Crippen LogP contribution in [0.15, 0.2) is 84.9 Å². The first-order chi connectivity index (χ1) is 17.1. The molecule has 5 heteroatoms. The summed E-state index contributed by atoms with van der Waals surface area (Å²) in [6.07, 6.45) is 0. The average molecular weight is 469 g/mol. The molecule has 0 N–H and O–H groups in total. The SMILES string of the molecule is CN(Cc1cccc2cc(CN3CCOCC3)ccc12)C(=O)c1ccc(-c2ccc(F)cc2)cc1. The minimum absolute atomic E-state index is 0.0309. The zero-order chi connectivity index (χ0) is 24.2. The van der Waals surface area contributed by atoms with Gasteiger partial charge in [0.25, 0.3) is 5.91 Å². The lowest BCUT2D eigenvalue weighted by Gasteiger charge is -2.26.